The van der Waals surface area contributed by atoms with Gasteiger partial charge in [0.25, 0.3) is 5.01 Å². The SMILES string of the molecule is C[n+]1c(/C=C/c2ccc3c(c2)OCO3)sc2ccccc21.[I-]. The van der Waals surface area contributed by atoms with Gasteiger partial charge in [0, 0.05) is 12.1 Å². The second-order valence-corrected chi connectivity index (χ2v) is 5.98. The number of nitrogens with zero attached hydrogens (tertiary/aromatic N) is 1. The second kappa shape index (κ2) is 6.26. The summed E-state index contributed by atoms with van der Waals surface area (Å²) in [5.74, 6) is 1.64. The summed E-state index contributed by atoms with van der Waals surface area (Å²) in [6.07, 6.45) is 4.24. The highest BCUT2D eigenvalue weighted by Gasteiger charge is 2.14. The highest BCUT2D eigenvalue weighted by molar-refractivity contribution is 7.18. The number of thiazole rings is 1. The molecule has 0 radical (unpaired) electrons. The van der Waals surface area contributed by atoms with Crippen LogP contribution in [0.2, 0.25) is 0 Å². The van der Waals surface area contributed by atoms with Gasteiger partial charge < -0.3 is 33.5 Å². The molecule has 112 valence electrons. The van der Waals surface area contributed by atoms with Crippen LogP contribution in [0.1, 0.15) is 10.6 Å². The van der Waals surface area contributed by atoms with E-state index in [-0.39, 0.29) is 24.0 Å². The van der Waals surface area contributed by atoms with E-state index in [9.17, 15) is 0 Å². The van der Waals surface area contributed by atoms with Gasteiger partial charge in [-0.05, 0) is 29.8 Å². The molecule has 0 aliphatic carbocycles. The predicted octanol–water partition coefficient (Wildman–Crippen LogP) is 0.629. The molecule has 4 rings (SSSR count). The van der Waals surface area contributed by atoms with Crippen molar-refractivity contribution in [1.82, 2.24) is 0 Å². The third-order valence-corrected chi connectivity index (χ3v) is 4.77. The van der Waals surface area contributed by atoms with Crippen molar-refractivity contribution in [3.8, 4) is 11.5 Å². The Morgan fingerprint density at radius 2 is 1.86 bits per heavy atom. The van der Waals surface area contributed by atoms with Crippen LogP contribution in [0.4, 0.5) is 0 Å². The Labute approximate surface area is 149 Å². The number of halogens is 1. The van der Waals surface area contributed by atoms with Crippen LogP contribution in [-0.4, -0.2) is 6.79 Å². The lowest BCUT2D eigenvalue weighted by atomic mass is 10.2. The van der Waals surface area contributed by atoms with Crippen molar-refractivity contribution < 1.29 is 38.0 Å². The first-order valence-electron chi connectivity index (χ1n) is 6.76. The van der Waals surface area contributed by atoms with Crippen LogP contribution in [0.3, 0.4) is 0 Å². The number of para-hydroxylation sites is 1. The number of hydrogen-bond acceptors (Lipinski definition) is 3. The molecule has 2 aromatic carbocycles. The third-order valence-electron chi connectivity index (χ3n) is 3.59. The lowest BCUT2D eigenvalue weighted by Gasteiger charge is -1.96. The molecule has 5 heteroatoms. The average molecular weight is 423 g/mol. The van der Waals surface area contributed by atoms with Crippen molar-refractivity contribution >= 4 is 33.7 Å². The quantitative estimate of drug-likeness (QED) is 0.446. The van der Waals surface area contributed by atoms with E-state index in [0.717, 1.165) is 17.1 Å². The zero-order chi connectivity index (χ0) is 14.2. The molecule has 3 aromatic rings. The molecule has 0 bridgehead atoms. The molecule has 0 atom stereocenters. The smallest absolute Gasteiger partial charge is 0.262 e. The zero-order valence-electron chi connectivity index (χ0n) is 12.0. The number of ether oxygens (including phenoxy) is 2. The molecule has 3 nitrogen and oxygen atoms in total. The van der Waals surface area contributed by atoms with Gasteiger partial charge in [-0.1, -0.05) is 29.5 Å². The Balaban J connectivity index is 0.00000144. The van der Waals surface area contributed by atoms with Crippen molar-refractivity contribution in [2.24, 2.45) is 7.05 Å². The van der Waals surface area contributed by atoms with E-state index in [1.165, 1.54) is 15.2 Å². The van der Waals surface area contributed by atoms with Crippen LogP contribution in [0, 0.1) is 0 Å². The minimum Gasteiger partial charge on any atom is -1.00 e. The van der Waals surface area contributed by atoms with Crippen LogP contribution >= 0.6 is 11.3 Å². The fourth-order valence-corrected chi connectivity index (χ4v) is 3.50. The fraction of sp³-hybridized carbons (Fsp3) is 0.118. The number of aryl methyl sites for hydroxylation is 1. The van der Waals surface area contributed by atoms with Gasteiger partial charge >= 0.3 is 0 Å². The highest BCUT2D eigenvalue weighted by atomic mass is 127. The molecular weight excluding hydrogens is 409 g/mol. The number of hydrogen-bond donors (Lipinski definition) is 0. The average Bonchev–Trinajstić information content (AvgIpc) is 3.10. The summed E-state index contributed by atoms with van der Waals surface area (Å²) in [6.45, 7) is 0.313. The van der Waals surface area contributed by atoms with E-state index in [4.69, 9.17) is 9.47 Å². The van der Waals surface area contributed by atoms with Gasteiger partial charge in [-0.15, -0.1) is 0 Å². The molecular formula is C17H14INO2S. The van der Waals surface area contributed by atoms with E-state index in [1.807, 2.05) is 18.2 Å². The third kappa shape index (κ3) is 2.70. The first-order chi connectivity index (χ1) is 10.3. The summed E-state index contributed by atoms with van der Waals surface area (Å²) in [5.41, 5.74) is 2.37. The molecule has 0 saturated carbocycles. The van der Waals surface area contributed by atoms with E-state index < -0.39 is 0 Å². The largest absolute Gasteiger partial charge is 1.00 e. The fourth-order valence-electron chi connectivity index (χ4n) is 2.45. The van der Waals surface area contributed by atoms with Gasteiger partial charge in [0.1, 0.15) is 11.7 Å². The minimum absolute atomic E-state index is 0. The molecule has 2 heterocycles. The molecule has 0 unspecified atom stereocenters. The van der Waals surface area contributed by atoms with Crippen molar-refractivity contribution in [3.63, 3.8) is 0 Å². The monoisotopic (exact) mass is 423 g/mol. The van der Waals surface area contributed by atoms with Gasteiger partial charge in [-0.2, -0.15) is 4.57 Å². The molecule has 0 saturated heterocycles. The second-order valence-electron chi connectivity index (χ2n) is 4.91. The maximum atomic E-state index is 5.40. The lowest BCUT2D eigenvalue weighted by molar-refractivity contribution is -0.642. The van der Waals surface area contributed by atoms with E-state index in [1.54, 1.807) is 11.3 Å². The molecule has 22 heavy (non-hydrogen) atoms. The molecule has 0 N–H and O–H groups in total. The van der Waals surface area contributed by atoms with Crippen LogP contribution in [0.5, 0.6) is 11.5 Å². The Hall–Kier alpha value is -1.60. The Morgan fingerprint density at radius 1 is 1.05 bits per heavy atom. The Kier molecular flexibility index (Phi) is 4.35. The topological polar surface area (TPSA) is 22.3 Å². The Morgan fingerprint density at radius 3 is 2.73 bits per heavy atom. The maximum absolute atomic E-state index is 5.40. The summed E-state index contributed by atoms with van der Waals surface area (Å²) in [5, 5.41) is 1.22. The number of benzene rings is 2. The van der Waals surface area contributed by atoms with Crippen LogP contribution < -0.4 is 38.0 Å². The molecule has 1 aliphatic heterocycles. The summed E-state index contributed by atoms with van der Waals surface area (Å²) >= 11 is 1.79. The van der Waals surface area contributed by atoms with Crippen molar-refractivity contribution in [2.45, 2.75) is 0 Å². The minimum atomic E-state index is 0. The summed E-state index contributed by atoms with van der Waals surface area (Å²) in [7, 11) is 2.10. The van der Waals surface area contributed by atoms with Gasteiger partial charge in [0.2, 0.25) is 12.3 Å². The van der Waals surface area contributed by atoms with Crippen molar-refractivity contribution in [1.29, 1.82) is 0 Å². The first-order valence-corrected chi connectivity index (χ1v) is 7.58. The number of fused-ring (bicyclic) bond motifs is 2. The van der Waals surface area contributed by atoms with Crippen LogP contribution in [0.15, 0.2) is 42.5 Å². The summed E-state index contributed by atoms with van der Waals surface area (Å²) in [4.78, 5) is 0. The molecule has 1 aromatic heterocycles. The summed E-state index contributed by atoms with van der Waals surface area (Å²) < 4.78 is 14.2. The van der Waals surface area contributed by atoms with Gasteiger partial charge in [-0.3, -0.25) is 0 Å². The van der Waals surface area contributed by atoms with Gasteiger partial charge in [0.05, 0.1) is 0 Å². The van der Waals surface area contributed by atoms with E-state index in [2.05, 4.69) is 48.0 Å². The summed E-state index contributed by atoms with van der Waals surface area (Å²) in [6, 6.07) is 14.4. The van der Waals surface area contributed by atoms with Crippen LogP contribution in [0.25, 0.3) is 22.4 Å². The highest BCUT2D eigenvalue weighted by Crippen LogP contribution is 2.33. The van der Waals surface area contributed by atoms with Gasteiger partial charge in [0.15, 0.2) is 11.5 Å². The first kappa shape index (κ1) is 15.3. The zero-order valence-corrected chi connectivity index (χ0v) is 14.9. The van der Waals surface area contributed by atoms with E-state index in [0.29, 0.717) is 6.79 Å². The number of rotatable bonds is 2. The standard InChI is InChI=1S/C17H14NO2S.HI/c1-18-13-4-2-3-5-16(13)21-17(18)9-7-12-6-8-14-15(10-12)20-11-19-14;/h2-10H,11H2,1H3;1H/q+1;/p-1/b9-7+;. The Bertz CT molecular complexity index is 857. The molecule has 0 fully saturated rings. The molecule has 0 spiro atoms. The van der Waals surface area contributed by atoms with Crippen molar-refractivity contribution in [3.05, 3.63) is 53.0 Å². The van der Waals surface area contributed by atoms with Gasteiger partial charge in [-0.25, -0.2) is 0 Å². The van der Waals surface area contributed by atoms with Crippen LogP contribution in [-0.2, 0) is 7.05 Å². The number of aromatic nitrogens is 1. The lowest BCUT2D eigenvalue weighted by Crippen LogP contribution is -3.00. The normalized spacial score (nSPS) is 12.8. The molecule has 1 aliphatic rings. The maximum Gasteiger partial charge on any atom is 0.262 e. The molecule has 0 amide bonds. The van der Waals surface area contributed by atoms with Crippen molar-refractivity contribution in [2.75, 3.05) is 6.79 Å². The predicted molar refractivity (Wildman–Crippen MR) is 84.5 cm³/mol. The van der Waals surface area contributed by atoms with E-state index >= 15 is 0 Å².